The molecule has 0 saturated carbocycles. The number of aliphatic carboxylic acids is 1. The summed E-state index contributed by atoms with van der Waals surface area (Å²) < 4.78 is 40.9. The maximum absolute atomic E-state index is 13.1. The molecule has 1 aliphatic rings. The Bertz CT molecular complexity index is 812. The second-order valence-corrected chi connectivity index (χ2v) is 5.97. The first-order chi connectivity index (χ1) is 11.2. The molecular weight excluding hydrogens is 325 g/mol. The number of carboxylic acid groups (broad SMARTS) is 1. The number of benzene rings is 1. The van der Waals surface area contributed by atoms with Gasteiger partial charge in [-0.3, -0.25) is 9.59 Å². The number of carboxylic acids is 1. The van der Waals surface area contributed by atoms with E-state index in [0.717, 1.165) is 10.4 Å². The summed E-state index contributed by atoms with van der Waals surface area (Å²) in [6.45, 7) is -1.08. The number of alkyl halides is 3. The Morgan fingerprint density at radius 3 is 2.46 bits per heavy atom. The van der Waals surface area contributed by atoms with Crippen molar-refractivity contribution in [2.75, 3.05) is 13.1 Å². The molecule has 3 rings (SSSR count). The topological polar surface area (TPSA) is 62.5 Å². The van der Waals surface area contributed by atoms with Crippen LogP contribution in [0.2, 0.25) is 0 Å². The highest BCUT2D eigenvalue weighted by atomic mass is 19.4. The third kappa shape index (κ3) is 2.61. The van der Waals surface area contributed by atoms with Crippen LogP contribution in [0.3, 0.4) is 0 Å². The lowest BCUT2D eigenvalue weighted by atomic mass is 9.96. The minimum atomic E-state index is -4.66. The molecule has 0 spiro atoms. The minimum absolute atomic E-state index is 0.278. The van der Waals surface area contributed by atoms with Gasteiger partial charge in [0.05, 0.1) is 17.4 Å². The van der Waals surface area contributed by atoms with Gasteiger partial charge in [0.15, 0.2) is 0 Å². The maximum atomic E-state index is 13.1. The van der Waals surface area contributed by atoms with Crippen LogP contribution in [0.15, 0.2) is 30.5 Å². The number of nitrogens with zero attached hydrogens (tertiary/aromatic N) is 2. The number of hydrogen-bond donors (Lipinski definition) is 1. The van der Waals surface area contributed by atoms with Crippen LogP contribution in [-0.2, 0) is 11.8 Å². The Balaban J connectivity index is 1.94. The van der Waals surface area contributed by atoms with Gasteiger partial charge in [-0.1, -0.05) is 18.2 Å². The van der Waals surface area contributed by atoms with Gasteiger partial charge in [-0.05, 0) is 6.07 Å². The van der Waals surface area contributed by atoms with Crippen LogP contribution in [0.4, 0.5) is 13.2 Å². The molecule has 1 aliphatic heterocycles. The predicted molar refractivity (Wildman–Crippen MR) is 79.5 cm³/mol. The third-order valence-corrected chi connectivity index (χ3v) is 4.47. The molecule has 1 aromatic carbocycles. The molecular formula is C16H15F3N2O3. The highest BCUT2D eigenvalue weighted by molar-refractivity contribution is 6.07. The first kappa shape index (κ1) is 16.4. The first-order valence-corrected chi connectivity index (χ1v) is 7.33. The summed E-state index contributed by atoms with van der Waals surface area (Å²) in [5, 5.41) is 9.68. The van der Waals surface area contributed by atoms with Gasteiger partial charge >= 0.3 is 12.1 Å². The van der Waals surface area contributed by atoms with Gasteiger partial charge in [-0.2, -0.15) is 13.2 Å². The number of aryl methyl sites for hydroxylation is 1. The predicted octanol–water partition coefficient (Wildman–Crippen LogP) is 2.51. The second kappa shape index (κ2) is 5.54. The molecule has 0 radical (unpaired) electrons. The minimum Gasteiger partial charge on any atom is -0.481 e. The number of amides is 1. The van der Waals surface area contributed by atoms with E-state index in [1.807, 2.05) is 0 Å². The number of rotatable bonds is 2. The Hall–Kier alpha value is -2.51. The molecule has 1 amide bonds. The molecule has 2 heterocycles. The third-order valence-electron chi connectivity index (χ3n) is 4.47. The molecule has 8 heteroatoms. The van der Waals surface area contributed by atoms with E-state index in [0.29, 0.717) is 5.39 Å². The van der Waals surface area contributed by atoms with E-state index in [9.17, 15) is 22.8 Å². The SMILES string of the molecule is Cn1cc(C(=O)N2C[C@@H](C(F)(F)F)[C@H](C(=O)O)C2)c2ccccc21. The summed E-state index contributed by atoms with van der Waals surface area (Å²) in [4.78, 5) is 24.8. The molecule has 0 bridgehead atoms. The van der Waals surface area contributed by atoms with E-state index in [1.54, 1.807) is 42.1 Å². The van der Waals surface area contributed by atoms with Gasteiger partial charge in [-0.15, -0.1) is 0 Å². The monoisotopic (exact) mass is 340 g/mol. The van der Waals surface area contributed by atoms with Crippen LogP contribution >= 0.6 is 0 Å². The number of carbonyl (C=O) groups excluding carboxylic acids is 1. The average Bonchev–Trinajstić information content (AvgIpc) is 3.09. The summed E-state index contributed by atoms with van der Waals surface area (Å²) in [6, 6.07) is 7.05. The average molecular weight is 340 g/mol. The van der Waals surface area contributed by atoms with Gasteiger partial charge in [-0.25, -0.2) is 0 Å². The van der Waals surface area contributed by atoms with Gasteiger partial charge in [0.2, 0.25) is 0 Å². The number of carbonyl (C=O) groups is 2. The molecule has 0 aliphatic carbocycles. The molecule has 1 saturated heterocycles. The standard InChI is InChI=1S/C16H15F3N2O3/c1-20-6-10(9-4-2-3-5-13(9)20)14(22)21-7-11(15(23)24)12(8-21)16(17,18)19/h2-6,11-12H,7-8H2,1H3,(H,23,24)/t11-,12-/m1/s1. The van der Waals surface area contributed by atoms with Crippen molar-refractivity contribution in [3.05, 3.63) is 36.0 Å². The van der Waals surface area contributed by atoms with Crippen molar-refractivity contribution >= 4 is 22.8 Å². The van der Waals surface area contributed by atoms with Gasteiger partial charge in [0, 0.05) is 37.2 Å². The zero-order valence-electron chi connectivity index (χ0n) is 12.7. The quantitative estimate of drug-likeness (QED) is 0.914. The zero-order valence-corrected chi connectivity index (χ0v) is 12.7. The van der Waals surface area contributed by atoms with Crippen LogP contribution < -0.4 is 0 Å². The molecule has 5 nitrogen and oxygen atoms in total. The van der Waals surface area contributed by atoms with Crippen molar-refractivity contribution in [1.29, 1.82) is 0 Å². The summed E-state index contributed by atoms with van der Waals surface area (Å²) >= 11 is 0. The molecule has 1 N–H and O–H groups in total. The Labute approximate surface area is 135 Å². The highest BCUT2D eigenvalue weighted by Gasteiger charge is 2.53. The van der Waals surface area contributed by atoms with E-state index < -0.39 is 43.0 Å². The summed E-state index contributed by atoms with van der Waals surface area (Å²) in [6.07, 6.45) is -3.10. The smallest absolute Gasteiger partial charge is 0.394 e. The Kier molecular flexibility index (Phi) is 3.77. The van der Waals surface area contributed by atoms with Gasteiger partial charge in [0.1, 0.15) is 0 Å². The summed E-state index contributed by atoms with van der Waals surface area (Å²) in [5.74, 6) is -5.80. The number of aromatic nitrogens is 1. The zero-order chi connectivity index (χ0) is 17.6. The van der Waals surface area contributed by atoms with Crippen LogP contribution in [0.1, 0.15) is 10.4 Å². The summed E-state index contributed by atoms with van der Waals surface area (Å²) in [7, 11) is 1.74. The van der Waals surface area contributed by atoms with Crippen molar-refractivity contribution in [3.8, 4) is 0 Å². The van der Waals surface area contributed by atoms with E-state index in [-0.39, 0.29) is 5.56 Å². The molecule has 2 atom stereocenters. The Morgan fingerprint density at radius 2 is 1.88 bits per heavy atom. The number of hydrogen-bond acceptors (Lipinski definition) is 2. The van der Waals surface area contributed by atoms with Crippen LogP contribution in [-0.4, -0.2) is 45.7 Å². The van der Waals surface area contributed by atoms with Crippen LogP contribution in [0, 0.1) is 11.8 Å². The number of halogens is 3. The fourth-order valence-corrected chi connectivity index (χ4v) is 3.23. The number of para-hydroxylation sites is 1. The van der Waals surface area contributed by atoms with Crippen molar-refractivity contribution in [2.45, 2.75) is 6.18 Å². The lowest BCUT2D eigenvalue weighted by Gasteiger charge is -2.18. The molecule has 2 aromatic rings. The fourth-order valence-electron chi connectivity index (χ4n) is 3.23. The van der Waals surface area contributed by atoms with E-state index in [2.05, 4.69) is 0 Å². The second-order valence-electron chi connectivity index (χ2n) is 5.97. The molecule has 128 valence electrons. The van der Waals surface area contributed by atoms with Gasteiger partial charge < -0.3 is 14.6 Å². The largest absolute Gasteiger partial charge is 0.481 e. The summed E-state index contributed by atoms with van der Waals surface area (Å²) in [5.41, 5.74) is 1.06. The Morgan fingerprint density at radius 1 is 1.21 bits per heavy atom. The molecule has 1 aromatic heterocycles. The van der Waals surface area contributed by atoms with E-state index in [1.165, 1.54) is 0 Å². The number of likely N-dealkylation sites (tertiary alicyclic amines) is 1. The normalized spacial score (nSPS) is 21.4. The van der Waals surface area contributed by atoms with E-state index in [4.69, 9.17) is 5.11 Å². The lowest BCUT2D eigenvalue weighted by Crippen LogP contribution is -2.34. The molecule has 24 heavy (non-hydrogen) atoms. The molecule has 0 unspecified atom stereocenters. The van der Waals surface area contributed by atoms with Crippen molar-refractivity contribution in [2.24, 2.45) is 18.9 Å². The van der Waals surface area contributed by atoms with Crippen molar-refractivity contribution in [3.63, 3.8) is 0 Å². The first-order valence-electron chi connectivity index (χ1n) is 7.33. The molecule has 1 fully saturated rings. The highest BCUT2D eigenvalue weighted by Crippen LogP contribution is 2.38. The maximum Gasteiger partial charge on any atom is 0.394 e. The fraction of sp³-hybridized carbons (Fsp3) is 0.375. The van der Waals surface area contributed by atoms with E-state index >= 15 is 0 Å². The van der Waals surface area contributed by atoms with Crippen LogP contribution in [0.25, 0.3) is 10.9 Å². The van der Waals surface area contributed by atoms with Crippen molar-refractivity contribution < 1.29 is 27.9 Å². The van der Waals surface area contributed by atoms with Gasteiger partial charge in [0.25, 0.3) is 5.91 Å². The number of fused-ring (bicyclic) bond motifs is 1. The van der Waals surface area contributed by atoms with Crippen LogP contribution in [0.5, 0.6) is 0 Å². The lowest BCUT2D eigenvalue weighted by molar-refractivity contribution is -0.187. The van der Waals surface area contributed by atoms with Crippen molar-refractivity contribution in [1.82, 2.24) is 9.47 Å².